The summed E-state index contributed by atoms with van der Waals surface area (Å²) < 4.78 is 13.4. The minimum atomic E-state index is -1.19. The Morgan fingerprint density at radius 2 is 2.07 bits per heavy atom. The second-order valence-electron chi connectivity index (χ2n) is 8.37. The maximum atomic E-state index is 13.0. The lowest BCUT2D eigenvalue weighted by atomic mass is 10.1. The summed E-state index contributed by atoms with van der Waals surface area (Å²) in [6.45, 7) is 8.64. The number of ether oxygens (including phenoxy) is 1. The lowest BCUT2D eigenvalue weighted by molar-refractivity contribution is -0.00297. The van der Waals surface area contributed by atoms with Crippen molar-refractivity contribution in [1.82, 2.24) is 9.58 Å². The highest BCUT2D eigenvalue weighted by Crippen LogP contribution is 2.53. The van der Waals surface area contributed by atoms with Crippen molar-refractivity contribution >= 4 is 16.2 Å². The molecule has 0 aliphatic carbocycles. The number of carbonyl (C=O) groups is 1. The molecule has 1 saturated heterocycles. The number of morpholine rings is 1. The number of nitrogens with one attached hydrogen (secondary N) is 1. The quantitative estimate of drug-likeness (QED) is 0.769. The standard InChI is InChI=1S/C19H31N3O4S/c1-19(2,3)27(4,5)26-11-6-7-14-15(23)8-9-22-17(14)18(24)21-10-12-25-13-16(21)20-22/h8-9,16,20H,6-7,10-13H2,1-5H3. The molecule has 0 bridgehead atoms. The van der Waals surface area contributed by atoms with Crippen molar-refractivity contribution in [2.45, 2.75) is 44.5 Å². The van der Waals surface area contributed by atoms with Gasteiger partial charge >= 0.3 is 0 Å². The van der Waals surface area contributed by atoms with Crippen LogP contribution in [0, 0.1) is 0 Å². The number of fused-ring (bicyclic) bond motifs is 2. The zero-order chi connectivity index (χ0) is 19.8. The third-order valence-corrected chi connectivity index (χ3v) is 9.21. The molecule has 0 saturated carbocycles. The summed E-state index contributed by atoms with van der Waals surface area (Å²) in [5.74, 6) is -0.101. The number of amides is 1. The summed E-state index contributed by atoms with van der Waals surface area (Å²) in [7, 11) is -1.19. The largest absolute Gasteiger partial charge is 0.375 e. The molecule has 1 N–H and O–H groups in total. The van der Waals surface area contributed by atoms with Gasteiger partial charge < -0.3 is 19.2 Å². The van der Waals surface area contributed by atoms with Gasteiger partial charge in [-0.05, 0) is 25.4 Å². The number of nitrogens with zero attached hydrogens (tertiary/aromatic N) is 2. The van der Waals surface area contributed by atoms with Gasteiger partial charge in [-0.25, -0.2) is 0 Å². The molecule has 0 radical (unpaired) electrons. The van der Waals surface area contributed by atoms with E-state index >= 15 is 0 Å². The van der Waals surface area contributed by atoms with E-state index in [1.165, 1.54) is 6.07 Å². The molecule has 1 aromatic rings. The Labute approximate surface area is 162 Å². The van der Waals surface area contributed by atoms with Gasteiger partial charge in [0.05, 0.1) is 19.8 Å². The average molecular weight is 398 g/mol. The van der Waals surface area contributed by atoms with Crippen LogP contribution in [0.3, 0.4) is 0 Å². The third kappa shape index (κ3) is 4.02. The lowest BCUT2D eigenvalue weighted by Crippen LogP contribution is -2.59. The van der Waals surface area contributed by atoms with E-state index in [0.29, 0.717) is 50.5 Å². The summed E-state index contributed by atoms with van der Waals surface area (Å²) in [6.07, 6.45) is 7.01. The first kappa shape index (κ1) is 20.2. The Balaban J connectivity index is 1.74. The summed E-state index contributed by atoms with van der Waals surface area (Å²) in [6, 6.07) is 1.52. The van der Waals surface area contributed by atoms with Gasteiger partial charge in [0.25, 0.3) is 5.91 Å². The van der Waals surface area contributed by atoms with E-state index in [9.17, 15) is 9.59 Å². The highest BCUT2D eigenvalue weighted by Gasteiger charge is 2.36. The Hall–Kier alpha value is -1.51. The first-order valence-electron chi connectivity index (χ1n) is 9.39. The average Bonchev–Trinajstić information content (AvgIpc) is 2.59. The molecule has 2 aliphatic rings. The van der Waals surface area contributed by atoms with Crippen molar-refractivity contribution in [2.75, 3.05) is 44.3 Å². The summed E-state index contributed by atoms with van der Waals surface area (Å²) in [5, 5.41) is 0. The number of hydrogen-bond acceptors (Lipinski definition) is 5. The van der Waals surface area contributed by atoms with Crippen LogP contribution in [0.4, 0.5) is 0 Å². The maximum Gasteiger partial charge on any atom is 0.274 e. The molecule has 1 aromatic heterocycles. The molecule has 1 amide bonds. The van der Waals surface area contributed by atoms with Crippen molar-refractivity contribution in [3.63, 3.8) is 0 Å². The van der Waals surface area contributed by atoms with Crippen molar-refractivity contribution in [3.05, 3.63) is 33.7 Å². The first-order chi connectivity index (χ1) is 12.6. The van der Waals surface area contributed by atoms with Crippen LogP contribution < -0.4 is 10.9 Å². The van der Waals surface area contributed by atoms with Crippen LogP contribution in [0.1, 0.15) is 43.2 Å². The summed E-state index contributed by atoms with van der Waals surface area (Å²) in [4.78, 5) is 27.2. The number of rotatable bonds is 5. The Morgan fingerprint density at radius 1 is 1.33 bits per heavy atom. The van der Waals surface area contributed by atoms with Crippen LogP contribution in [0.25, 0.3) is 0 Å². The molecule has 1 unspecified atom stereocenters. The smallest absolute Gasteiger partial charge is 0.274 e. The van der Waals surface area contributed by atoms with Crippen LogP contribution >= 0.6 is 10.3 Å². The zero-order valence-electron chi connectivity index (χ0n) is 16.9. The fraction of sp³-hybridized carbons (Fsp3) is 0.684. The van der Waals surface area contributed by atoms with Gasteiger partial charge in [-0.2, -0.15) is 0 Å². The molecule has 7 nitrogen and oxygen atoms in total. The third-order valence-electron chi connectivity index (χ3n) is 5.50. The normalized spacial score (nSPS) is 20.7. The van der Waals surface area contributed by atoms with Gasteiger partial charge in [0.15, 0.2) is 5.43 Å². The fourth-order valence-corrected chi connectivity index (χ4v) is 3.99. The monoisotopic (exact) mass is 397 g/mol. The number of carbonyl (C=O) groups excluding carboxylic acids is 1. The van der Waals surface area contributed by atoms with Gasteiger partial charge in [0.1, 0.15) is 11.9 Å². The van der Waals surface area contributed by atoms with Crippen molar-refractivity contribution < 1.29 is 13.7 Å². The van der Waals surface area contributed by atoms with Gasteiger partial charge in [-0.3, -0.25) is 14.3 Å². The summed E-state index contributed by atoms with van der Waals surface area (Å²) in [5.41, 5.74) is 4.18. The molecule has 1 fully saturated rings. The molecule has 8 heteroatoms. The lowest BCUT2D eigenvalue weighted by Gasteiger charge is -2.43. The highest BCUT2D eigenvalue weighted by atomic mass is 32.3. The Morgan fingerprint density at radius 3 is 2.78 bits per heavy atom. The van der Waals surface area contributed by atoms with E-state index in [1.54, 1.807) is 15.8 Å². The van der Waals surface area contributed by atoms with Crippen LogP contribution in [0.15, 0.2) is 17.1 Å². The van der Waals surface area contributed by atoms with E-state index in [2.05, 4.69) is 38.7 Å². The van der Waals surface area contributed by atoms with Gasteiger partial charge in [-0.1, -0.05) is 20.8 Å². The zero-order valence-corrected chi connectivity index (χ0v) is 17.7. The molecule has 1 atom stereocenters. The molecule has 3 heterocycles. The molecular weight excluding hydrogens is 366 g/mol. The SMILES string of the molecule is CC(C)(C)S(C)(C)OCCCc1c2n(ccc1=O)NC1COCCN1C2=O. The van der Waals surface area contributed by atoms with Gasteiger partial charge in [0, 0.05) is 29.1 Å². The molecule has 3 rings (SSSR count). The van der Waals surface area contributed by atoms with E-state index in [-0.39, 0.29) is 22.2 Å². The molecule has 2 aliphatic heterocycles. The highest BCUT2D eigenvalue weighted by molar-refractivity contribution is 8.29. The van der Waals surface area contributed by atoms with Crippen molar-refractivity contribution in [2.24, 2.45) is 0 Å². The topological polar surface area (TPSA) is 72.8 Å². The minimum Gasteiger partial charge on any atom is -0.375 e. The number of hydrogen-bond donors (Lipinski definition) is 1. The molecule has 152 valence electrons. The van der Waals surface area contributed by atoms with Crippen LogP contribution in [-0.2, 0) is 15.3 Å². The van der Waals surface area contributed by atoms with Crippen LogP contribution in [0.2, 0.25) is 0 Å². The predicted octanol–water partition coefficient (Wildman–Crippen LogP) is 1.93. The summed E-state index contributed by atoms with van der Waals surface area (Å²) >= 11 is 0. The number of pyridine rings is 1. The Kier molecular flexibility index (Phi) is 5.61. The van der Waals surface area contributed by atoms with Crippen molar-refractivity contribution in [1.29, 1.82) is 0 Å². The van der Waals surface area contributed by atoms with Crippen molar-refractivity contribution in [3.8, 4) is 0 Å². The molecule has 0 spiro atoms. The van der Waals surface area contributed by atoms with E-state index in [4.69, 9.17) is 8.92 Å². The van der Waals surface area contributed by atoms with Crippen LogP contribution in [0.5, 0.6) is 0 Å². The molecule has 0 aromatic carbocycles. The fourth-order valence-electron chi connectivity index (χ4n) is 3.10. The van der Waals surface area contributed by atoms with Gasteiger partial charge in [0.2, 0.25) is 0 Å². The molecular formula is C19H31N3O4S. The molecule has 27 heavy (non-hydrogen) atoms. The number of aromatic nitrogens is 1. The second-order valence-corrected chi connectivity index (χ2v) is 12.3. The van der Waals surface area contributed by atoms with Gasteiger partial charge in [-0.15, -0.1) is 10.3 Å². The van der Waals surface area contributed by atoms with Crippen LogP contribution in [-0.4, -0.2) is 65.3 Å². The minimum absolute atomic E-state index is 0.0921. The van der Waals surface area contributed by atoms with E-state index < -0.39 is 10.3 Å². The van der Waals surface area contributed by atoms with E-state index in [1.807, 2.05) is 0 Å². The first-order valence-corrected chi connectivity index (χ1v) is 11.8. The maximum absolute atomic E-state index is 13.0. The predicted molar refractivity (Wildman–Crippen MR) is 109 cm³/mol. The second kappa shape index (κ2) is 7.48. The van der Waals surface area contributed by atoms with E-state index in [0.717, 1.165) is 0 Å². The Bertz CT molecular complexity index is 769.